The standard InChI is InChI=1S/C26H46O4/c1-4-5-6-7-8-9-10-11-12-13-14-15-16-17-18-19-20-24(23(3)26(29)30)21-22(2)25(27)28/h21,24H,3-20H2,1-2H3,(H,27,28)(H,29,30). The van der Waals surface area contributed by atoms with Gasteiger partial charge in [-0.15, -0.1) is 0 Å². The molecule has 0 aromatic rings. The third-order valence-corrected chi connectivity index (χ3v) is 5.88. The Hall–Kier alpha value is -1.58. The lowest BCUT2D eigenvalue weighted by Gasteiger charge is -2.13. The van der Waals surface area contributed by atoms with Crippen molar-refractivity contribution in [1.29, 1.82) is 0 Å². The van der Waals surface area contributed by atoms with Crippen LogP contribution in [0.1, 0.15) is 123 Å². The largest absolute Gasteiger partial charge is 0.478 e. The van der Waals surface area contributed by atoms with Crippen LogP contribution >= 0.6 is 0 Å². The zero-order valence-electron chi connectivity index (χ0n) is 19.6. The topological polar surface area (TPSA) is 74.6 Å². The minimum Gasteiger partial charge on any atom is -0.478 e. The lowest BCUT2D eigenvalue weighted by atomic mass is 9.91. The Bertz CT molecular complexity index is 507. The van der Waals surface area contributed by atoms with Gasteiger partial charge in [-0.05, 0) is 13.3 Å². The molecule has 1 unspecified atom stereocenters. The molecule has 0 rings (SSSR count). The maximum absolute atomic E-state index is 11.2. The van der Waals surface area contributed by atoms with Gasteiger partial charge in [0.15, 0.2) is 0 Å². The van der Waals surface area contributed by atoms with Crippen LogP contribution < -0.4 is 0 Å². The predicted octanol–water partition coefficient (Wildman–Crippen LogP) is 7.93. The highest BCUT2D eigenvalue weighted by Gasteiger charge is 2.17. The molecule has 0 fully saturated rings. The van der Waals surface area contributed by atoms with E-state index in [1.165, 1.54) is 96.5 Å². The molecule has 4 heteroatoms. The average molecular weight is 423 g/mol. The van der Waals surface area contributed by atoms with Crippen molar-refractivity contribution in [3.05, 3.63) is 23.8 Å². The van der Waals surface area contributed by atoms with Crippen LogP contribution in [0, 0.1) is 5.92 Å². The second-order valence-electron chi connectivity index (χ2n) is 8.68. The van der Waals surface area contributed by atoms with Crippen LogP contribution in [0.15, 0.2) is 23.8 Å². The maximum Gasteiger partial charge on any atom is 0.331 e. The van der Waals surface area contributed by atoms with E-state index in [0.29, 0.717) is 6.42 Å². The first kappa shape index (κ1) is 28.4. The molecule has 174 valence electrons. The first-order valence-electron chi connectivity index (χ1n) is 12.2. The van der Waals surface area contributed by atoms with E-state index >= 15 is 0 Å². The summed E-state index contributed by atoms with van der Waals surface area (Å²) in [6.07, 6.45) is 22.9. The molecule has 30 heavy (non-hydrogen) atoms. The summed E-state index contributed by atoms with van der Waals surface area (Å²) in [6.45, 7) is 7.38. The van der Waals surface area contributed by atoms with Gasteiger partial charge in [0.1, 0.15) is 0 Å². The van der Waals surface area contributed by atoms with Gasteiger partial charge in [-0.1, -0.05) is 122 Å². The van der Waals surface area contributed by atoms with Crippen LogP contribution in [-0.4, -0.2) is 22.2 Å². The molecule has 0 amide bonds. The molecule has 0 bridgehead atoms. The van der Waals surface area contributed by atoms with E-state index in [0.717, 1.165) is 19.3 Å². The Morgan fingerprint density at radius 3 is 1.40 bits per heavy atom. The Labute approximate surface area is 184 Å². The van der Waals surface area contributed by atoms with E-state index in [9.17, 15) is 9.59 Å². The summed E-state index contributed by atoms with van der Waals surface area (Å²) in [5, 5.41) is 18.2. The van der Waals surface area contributed by atoms with Crippen molar-refractivity contribution in [2.45, 2.75) is 123 Å². The minimum atomic E-state index is -1.05. The van der Waals surface area contributed by atoms with Crippen LogP contribution in [0.4, 0.5) is 0 Å². The molecule has 0 heterocycles. The van der Waals surface area contributed by atoms with E-state index < -0.39 is 17.9 Å². The summed E-state index contributed by atoms with van der Waals surface area (Å²) in [7, 11) is 0. The maximum atomic E-state index is 11.2. The highest BCUT2D eigenvalue weighted by atomic mass is 16.4. The summed E-state index contributed by atoms with van der Waals surface area (Å²) in [5.41, 5.74) is 0.260. The summed E-state index contributed by atoms with van der Waals surface area (Å²) in [6, 6.07) is 0. The molecule has 0 saturated carbocycles. The number of carboxylic acid groups (broad SMARTS) is 2. The number of unbranched alkanes of at least 4 members (excludes halogenated alkanes) is 15. The normalized spacial score (nSPS) is 12.7. The summed E-state index contributed by atoms with van der Waals surface area (Å²) in [5.74, 6) is -2.46. The van der Waals surface area contributed by atoms with Crippen molar-refractivity contribution in [3.8, 4) is 0 Å². The van der Waals surface area contributed by atoms with Crippen LogP contribution in [0.5, 0.6) is 0 Å². The number of allylic oxidation sites excluding steroid dienone is 1. The van der Waals surface area contributed by atoms with Crippen molar-refractivity contribution in [1.82, 2.24) is 0 Å². The average Bonchev–Trinajstić information content (AvgIpc) is 2.71. The van der Waals surface area contributed by atoms with Gasteiger partial charge in [-0.3, -0.25) is 0 Å². The monoisotopic (exact) mass is 422 g/mol. The molecule has 0 aliphatic heterocycles. The Kier molecular flexibility index (Phi) is 18.4. The van der Waals surface area contributed by atoms with E-state index in [1.807, 2.05) is 0 Å². The highest BCUT2D eigenvalue weighted by Crippen LogP contribution is 2.22. The van der Waals surface area contributed by atoms with Gasteiger partial charge in [-0.25, -0.2) is 9.59 Å². The third-order valence-electron chi connectivity index (χ3n) is 5.88. The summed E-state index contributed by atoms with van der Waals surface area (Å²) >= 11 is 0. The molecule has 0 aliphatic rings. The minimum absolute atomic E-state index is 0.0801. The molecule has 0 aromatic heterocycles. The van der Waals surface area contributed by atoms with Gasteiger partial charge in [0.05, 0.1) is 0 Å². The zero-order chi connectivity index (χ0) is 22.6. The van der Waals surface area contributed by atoms with Gasteiger partial charge in [0, 0.05) is 17.1 Å². The van der Waals surface area contributed by atoms with Gasteiger partial charge < -0.3 is 10.2 Å². The second-order valence-corrected chi connectivity index (χ2v) is 8.68. The molecule has 0 aliphatic carbocycles. The van der Waals surface area contributed by atoms with E-state index in [2.05, 4.69) is 13.5 Å². The lowest BCUT2D eigenvalue weighted by Crippen LogP contribution is -2.11. The van der Waals surface area contributed by atoms with Gasteiger partial charge in [0.25, 0.3) is 0 Å². The number of hydrogen-bond acceptors (Lipinski definition) is 2. The van der Waals surface area contributed by atoms with Gasteiger partial charge in [0.2, 0.25) is 0 Å². The molecule has 0 radical (unpaired) electrons. The molecule has 4 nitrogen and oxygen atoms in total. The number of carboxylic acids is 2. The van der Waals surface area contributed by atoms with Crippen molar-refractivity contribution >= 4 is 11.9 Å². The van der Waals surface area contributed by atoms with Crippen molar-refractivity contribution in [2.75, 3.05) is 0 Å². The molecule has 0 aromatic carbocycles. The second kappa shape index (κ2) is 19.4. The number of hydrogen-bond donors (Lipinski definition) is 2. The Morgan fingerprint density at radius 1 is 0.700 bits per heavy atom. The van der Waals surface area contributed by atoms with Crippen molar-refractivity contribution in [2.24, 2.45) is 5.92 Å². The van der Waals surface area contributed by atoms with Crippen LogP contribution in [0.3, 0.4) is 0 Å². The molecule has 0 saturated heterocycles. The first-order valence-corrected chi connectivity index (χ1v) is 12.2. The summed E-state index contributed by atoms with van der Waals surface area (Å²) < 4.78 is 0. The van der Waals surface area contributed by atoms with E-state index in [4.69, 9.17) is 10.2 Å². The molecule has 2 N–H and O–H groups in total. The van der Waals surface area contributed by atoms with Crippen LogP contribution in [-0.2, 0) is 9.59 Å². The number of rotatable bonds is 21. The number of carbonyl (C=O) groups is 2. The fourth-order valence-corrected chi connectivity index (χ4v) is 3.80. The lowest BCUT2D eigenvalue weighted by molar-refractivity contribution is -0.134. The van der Waals surface area contributed by atoms with Gasteiger partial charge >= 0.3 is 11.9 Å². The smallest absolute Gasteiger partial charge is 0.331 e. The highest BCUT2D eigenvalue weighted by molar-refractivity contribution is 5.89. The Morgan fingerprint density at radius 2 is 1.07 bits per heavy atom. The van der Waals surface area contributed by atoms with Crippen LogP contribution in [0.25, 0.3) is 0 Å². The predicted molar refractivity (Wildman–Crippen MR) is 126 cm³/mol. The quantitative estimate of drug-likeness (QED) is 0.145. The van der Waals surface area contributed by atoms with E-state index in [-0.39, 0.29) is 11.1 Å². The summed E-state index contributed by atoms with van der Waals surface area (Å²) in [4.78, 5) is 22.2. The van der Waals surface area contributed by atoms with Crippen LogP contribution in [0.2, 0.25) is 0 Å². The molecule has 0 spiro atoms. The third kappa shape index (κ3) is 16.2. The van der Waals surface area contributed by atoms with Gasteiger partial charge in [-0.2, -0.15) is 0 Å². The fraction of sp³-hybridized carbons (Fsp3) is 0.769. The Balaban J connectivity index is 3.68. The molecular weight excluding hydrogens is 376 g/mol. The van der Waals surface area contributed by atoms with Crippen molar-refractivity contribution in [3.63, 3.8) is 0 Å². The van der Waals surface area contributed by atoms with Crippen molar-refractivity contribution < 1.29 is 19.8 Å². The van der Waals surface area contributed by atoms with E-state index in [1.54, 1.807) is 0 Å². The first-order chi connectivity index (χ1) is 14.4. The molecular formula is C26H46O4. The fourth-order valence-electron chi connectivity index (χ4n) is 3.80. The SMILES string of the molecule is C=C(C(=O)O)C(C=C(C)C(=O)O)CCCCCCCCCCCCCCCCCC. The molecule has 1 atom stereocenters. The zero-order valence-corrected chi connectivity index (χ0v) is 19.6. The number of aliphatic carboxylic acids is 2.